The van der Waals surface area contributed by atoms with Gasteiger partial charge in [0.25, 0.3) is 0 Å². The summed E-state index contributed by atoms with van der Waals surface area (Å²) >= 11 is 0. The second-order valence-corrected chi connectivity index (χ2v) is 6.01. The van der Waals surface area contributed by atoms with Gasteiger partial charge in [0, 0.05) is 6.42 Å². The van der Waals surface area contributed by atoms with Crippen LogP contribution < -0.4 is 5.73 Å². The molecule has 4 heteroatoms. The van der Waals surface area contributed by atoms with E-state index in [4.69, 9.17) is 10.5 Å². The summed E-state index contributed by atoms with van der Waals surface area (Å²) in [5.41, 5.74) is 6.27. The maximum absolute atomic E-state index is 11.2. The molecule has 1 aromatic rings. The Morgan fingerprint density at radius 1 is 1.24 bits per heavy atom. The number of ether oxygens (including phenoxy) is 1. The monoisotopic (exact) mass is 291 g/mol. The highest BCUT2D eigenvalue weighted by Gasteiger charge is 2.29. The molecule has 1 amide bonds. The second kappa shape index (κ2) is 7.46. The normalized spacial score (nSPS) is 18.9. The van der Waals surface area contributed by atoms with Crippen molar-refractivity contribution in [3.63, 3.8) is 0 Å². The lowest BCUT2D eigenvalue weighted by Crippen LogP contribution is -2.52. The third-order valence-electron chi connectivity index (χ3n) is 4.73. The smallest absolute Gasteiger partial charge is 0.405 e. The Morgan fingerprint density at radius 2 is 1.90 bits per heavy atom. The quantitative estimate of drug-likeness (QED) is 0.818. The van der Waals surface area contributed by atoms with Gasteiger partial charge in [-0.05, 0) is 31.7 Å². The van der Waals surface area contributed by atoms with Gasteiger partial charge >= 0.3 is 6.09 Å². The van der Waals surface area contributed by atoms with E-state index in [1.165, 1.54) is 32.4 Å². The fraction of sp³-hybridized carbons (Fsp3) is 0.588. The Kier molecular flexibility index (Phi) is 5.62. The maximum atomic E-state index is 11.2. The number of carbonyl (C=O) groups excluding carboxylic acids is 1. The van der Waals surface area contributed by atoms with Crippen molar-refractivity contribution >= 4 is 6.09 Å². The van der Waals surface area contributed by atoms with E-state index in [-0.39, 0.29) is 6.10 Å². The van der Waals surface area contributed by atoms with Gasteiger partial charge in [-0.3, -0.25) is 0 Å². The average Bonchev–Trinajstić information content (AvgIpc) is 2.53. The number of rotatable bonds is 6. The van der Waals surface area contributed by atoms with Crippen molar-refractivity contribution in [3.8, 4) is 0 Å². The molecule has 0 spiro atoms. The van der Waals surface area contributed by atoms with E-state index >= 15 is 0 Å². The number of carbonyl (C=O) groups is 1. The van der Waals surface area contributed by atoms with Crippen molar-refractivity contribution in [1.29, 1.82) is 0 Å². The molecule has 1 saturated heterocycles. The molecule has 1 heterocycles. The topological polar surface area (TPSA) is 52.3 Å². The standard InChI is InChI=1S/C17H26N2O2/c1-2-19(12-7-4-8-13-19)14-11-16(21-17(18)20)15-9-5-3-6-10-15/h3,5-6,9-10,16H,2,4,7-8,11-14H2,1H3,(H-,18,20)/p+1. The molecule has 0 bridgehead atoms. The summed E-state index contributed by atoms with van der Waals surface area (Å²) in [6.07, 6.45) is 3.87. The van der Waals surface area contributed by atoms with Crippen LogP contribution in [-0.2, 0) is 4.74 Å². The van der Waals surface area contributed by atoms with E-state index in [1.807, 2.05) is 30.3 Å². The van der Waals surface area contributed by atoms with Crippen LogP contribution in [0, 0.1) is 0 Å². The van der Waals surface area contributed by atoms with Gasteiger partial charge in [-0.15, -0.1) is 0 Å². The van der Waals surface area contributed by atoms with Gasteiger partial charge in [-0.2, -0.15) is 0 Å². The van der Waals surface area contributed by atoms with Gasteiger partial charge in [0.1, 0.15) is 6.10 Å². The Hall–Kier alpha value is -1.55. The highest BCUT2D eigenvalue weighted by atomic mass is 16.6. The largest absolute Gasteiger partial charge is 0.441 e. The van der Waals surface area contributed by atoms with Crippen LogP contribution in [0.25, 0.3) is 0 Å². The van der Waals surface area contributed by atoms with E-state index in [1.54, 1.807) is 0 Å². The molecule has 1 aromatic carbocycles. The van der Waals surface area contributed by atoms with Gasteiger partial charge in [0.05, 0.1) is 26.2 Å². The van der Waals surface area contributed by atoms with E-state index in [0.29, 0.717) is 0 Å². The van der Waals surface area contributed by atoms with E-state index in [9.17, 15) is 4.79 Å². The number of primary amides is 1. The molecular formula is C17H27N2O2+. The lowest BCUT2D eigenvalue weighted by molar-refractivity contribution is -0.931. The third-order valence-corrected chi connectivity index (χ3v) is 4.73. The number of hydrogen-bond acceptors (Lipinski definition) is 2. The molecule has 116 valence electrons. The Balaban J connectivity index is 2.03. The SMILES string of the molecule is CC[N+]1(CCC(OC(N)=O)c2ccccc2)CCCCC1. The van der Waals surface area contributed by atoms with Crippen molar-refractivity contribution in [2.24, 2.45) is 5.73 Å². The predicted molar refractivity (Wildman–Crippen MR) is 83.7 cm³/mol. The molecule has 1 unspecified atom stereocenters. The van der Waals surface area contributed by atoms with Gasteiger partial charge in [0.2, 0.25) is 0 Å². The zero-order valence-electron chi connectivity index (χ0n) is 13.0. The summed E-state index contributed by atoms with van der Waals surface area (Å²) in [7, 11) is 0. The van der Waals surface area contributed by atoms with Crippen LogP contribution in [0.5, 0.6) is 0 Å². The molecule has 4 nitrogen and oxygen atoms in total. The van der Waals surface area contributed by atoms with Gasteiger partial charge in [0.15, 0.2) is 0 Å². The van der Waals surface area contributed by atoms with Crippen LogP contribution in [0.4, 0.5) is 4.79 Å². The summed E-state index contributed by atoms with van der Waals surface area (Å²) in [5.74, 6) is 0. The average molecular weight is 291 g/mol. The van der Waals surface area contributed by atoms with Crippen molar-refractivity contribution in [1.82, 2.24) is 0 Å². The molecule has 1 aliphatic heterocycles. The number of benzene rings is 1. The van der Waals surface area contributed by atoms with Gasteiger partial charge < -0.3 is 15.0 Å². The van der Waals surface area contributed by atoms with Gasteiger partial charge in [-0.25, -0.2) is 4.79 Å². The molecule has 2 rings (SSSR count). The van der Waals surface area contributed by atoms with E-state index < -0.39 is 6.09 Å². The zero-order valence-corrected chi connectivity index (χ0v) is 13.0. The third kappa shape index (κ3) is 4.46. The Bertz CT molecular complexity index is 441. The zero-order chi connectivity index (χ0) is 15.1. The first-order chi connectivity index (χ1) is 10.2. The fourth-order valence-electron chi connectivity index (χ4n) is 3.37. The van der Waals surface area contributed by atoms with Crippen LogP contribution in [0.15, 0.2) is 30.3 Å². The van der Waals surface area contributed by atoms with Crippen LogP contribution in [0.2, 0.25) is 0 Å². The molecule has 1 aliphatic rings. The van der Waals surface area contributed by atoms with Crippen LogP contribution in [-0.4, -0.2) is 36.8 Å². The van der Waals surface area contributed by atoms with Gasteiger partial charge in [-0.1, -0.05) is 30.3 Å². The van der Waals surface area contributed by atoms with Crippen molar-refractivity contribution in [2.75, 3.05) is 26.2 Å². The van der Waals surface area contributed by atoms with Crippen molar-refractivity contribution < 1.29 is 14.0 Å². The molecule has 0 saturated carbocycles. The van der Waals surface area contributed by atoms with Crippen molar-refractivity contribution in [2.45, 2.75) is 38.7 Å². The highest BCUT2D eigenvalue weighted by molar-refractivity contribution is 5.65. The number of piperidine rings is 1. The van der Waals surface area contributed by atoms with E-state index in [0.717, 1.165) is 29.6 Å². The van der Waals surface area contributed by atoms with E-state index in [2.05, 4.69) is 6.92 Å². The summed E-state index contributed by atoms with van der Waals surface area (Å²) in [4.78, 5) is 11.2. The van der Waals surface area contributed by atoms with Crippen LogP contribution in [0.1, 0.15) is 44.3 Å². The first kappa shape index (κ1) is 15.8. The second-order valence-electron chi connectivity index (χ2n) is 6.01. The number of nitrogens with two attached hydrogens (primary N) is 1. The maximum Gasteiger partial charge on any atom is 0.405 e. The molecule has 21 heavy (non-hydrogen) atoms. The summed E-state index contributed by atoms with van der Waals surface area (Å²) < 4.78 is 6.49. The Morgan fingerprint density at radius 3 is 2.48 bits per heavy atom. The molecule has 2 N–H and O–H groups in total. The summed E-state index contributed by atoms with van der Waals surface area (Å²) in [6.45, 7) is 6.95. The molecule has 1 fully saturated rings. The first-order valence-corrected chi connectivity index (χ1v) is 8.01. The minimum Gasteiger partial charge on any atom is -0.441 e. The molecule has 0 aromatic heterocycles. The molecule has 0 radical (unpaired) electrons. The minimum atomic E-state index is -0.689. The molecule has 1 atom stereocenters. The number of amides is 1. The van der Waals surface area contributed by atoms with Crippen LogP contribution in [0.3, 0.4) is 0 Å². The molecule has 0 aliphatic carbocycles. The summed E-state index contributed by atoms with van der Waals surface area (Å²) in [5, 5.41) is 0. The number of hydrogen-bond donors (Lipinski definition) is 1. The predicted octanol–water partition coefficient (Wildman–Crippen LogP) is 3.23. The number of likely N-dealkylation sites (tertiary alicyclic amines) is 1. The minimum absolute atomic E-state index is 0.229. The lowest BCUT2D eigenvalue weighted by atomic mass is 10.0. The fourth-order valence-corrected chi connectivity index (χ4v) is 3.37. The molecular weight excluding hydrogens is 264 g/mol. The number of quaternary nitrogens is 1. The lowest BCUT2D eigenvalue weighted by Gasteiger charge is -2.41. The first-order valence-electron chi connectivity index (χ1n) is 8.01. The number of nitrogens with zero attached hydrogens (tertiary/aromatic N) is 1. The Labute approximate surface area is 127 Å². The highest BCUT2D eigenvalue weighted by Crippen LogP contribution is 2.26. The summed E-state index contributed by atoms with van der Waals surface area (Å²) in [6, 6.07) is 9.91. The van der Waals surface area contributed by atoms with Crippen molar-refractivity contribution in [3.05, 3.63) is 35.9 Å². The van der Waals surface area contributed by atoms with Crippen LogP contribution >= 0.6 is 0 Å².